The molecule has 0 saturated carbocycles. The minimum Gasteiger partial charge on any atom is -0.258 e. The number of hydrogen-bond acceptors (Lipinski definition) is 5. The standard InChI is InChI=1S/C57H41N5/c1-38-33-34-46(39(2)58-38)55-47(44-27-17-28-45(35-44)53-36-51(40-19-7-3-8-20-40)59-56(61-53)42-23-11-5-12-24-42)31-18-32-50(55)48-29-15-16-30-49(48)54-37-52(41-21-9-4-10-22-41)60-57(62-54)43-25-13-6-14-26-43/h3-37H,1-2H3. The molecular formula is C57H41N5. The lowest BCUT2D eigenvalue weighted by molar-refractivity contribution is 1.13. The Bertz CT molecular complexity index is 3070. The van der Waals surface area contributed by atoms with Crippen LogP contribution in [0.25, 0.3) is 101 Å². The van der Waals surface area contributed by atoms with Crippen molar-refractivity contribution >= 4 is 0 Å². The lowest BCUT2D eigenvalue weighted by atomic mass is 9.84. The number of benzene rings is 7. The minimum atomic E-state index is 0.677. The molecule has 0 fully saturated rings. The van der Waals surface area contributed by atoms with Gasteiger partial charge in [0.2, 0.25) is 0 Å². The van der Waals surface area contributed by atoms with Gasteiger partial charge < -0.3 is 0 Å². The Morgan fingerprint density at radius 3 is 1.26 bits per heavy atom. The van der Waals surface area contributed by atoms with Crippen LogP contribution in [0.1, 0.15) is 11.4 Å². The van der Waals surface area contributed by atoms with Crippen LogP contribution in [0.4, 0.5) is 0 Å². The normalized spacial score (nSPS) is 11.1. The summed E-state index contributed by atoms with van der Waals surface area (Å²) in [6, 6.07) is 73.4. The van der Waals surface area contributed by atoms with Crippen LogP contribution < -0.4 is 0 Å². The molecule has 0 aliphatic heterocycles. The summed E-state index contributed by atoms with van der Waals surface area (Å²) in [5.41, 5.74) is 17.8. The minimum absolute atomic E-state index is 0.677. The van der Waals surface area contributed by atoms with E-state index >= 15 is 0 Å². The lowest BCUT2D eigenvalue weighted by Gasteiger charge is -2.20. The van der Waals surface area contributed by atoms with Gasteiger partial charge in [-0.3, -0.25) is 4.98 Å². The van der Waals surface area contributed by atoms with Crippen molar-refractivity contribution in [2.24, 2.45) is 0 Å². The number of pyridine rings is 1. The summed E-state index contributed by atoms with van der Waals surface area (Å²) in [6.45, 7) is 4.15. The first-order valence-electron chi connectivity index (χ1n) is 20.8. The third-order valence-electron chi connectivity index (χ3n) is 11.2. The number of hydrogen-bond donors (Lipinski definition) is 0. The average molecular weight is 796 g/mol. The molecular weight excluding hydrogens is 755 g/mol. The second-order valence-corrected chi connectivity index (χ2v) is 15.3. The Hall–Kier alpha value is -8.15. The van der Waals surface area contributed by atoms with Crippen molar-refractivity contribution in [1.82, 2.24) is 24.9 Å². The van der Waals surface area contributed by atoms with E-state index < -0.39 is 0 Å². The molecule has 0 spiro atoms. The number of rotatable bonds is 9. The SMILES string of the molecule is Cc1ccc(-c2c(-c3cccc(-c4cc(-c5ccccc5)nc(-c5ccccc5)n4)c3)cccc2-c2ccccc2-c2cc(-c3ccccc3)nc(-c3ccccc3)n2)c(C)n1. The summed E-state index contributed by atoms with van der Waals surface area (Å²) in [4.78, 5) is 25.6. The average Bonchev–Trinajstić information content (AvgIpc) is 3.35. The maximum absolute atomic E-state index is 5.27. The summed E-state index contributed by atoms with van der Waals surface area (Å²) in [5, 5.41) is 0. The number of aryl methyl sites for hydroxylation is 2. The molecule has 3 aromatic heterocycles. The molecule has 62 heavy (non-hydrogen) atoms. The molecule has 0 radical (unpaired) electrons. The second kappa shape index (κ2) is 16.8. The molecule has 294 valence electrons. The van der Waals surface area contributed by atoms with Crippen LogP contribution in [0.3, 0.4) is 0 Å². The predicted molar refractivity (Wildman–Crippen MR) is 254 cm³/mol. The highest BCUT2D eigenvalue weighted by atomic mass is 14.9. The Morgan fingerprint density at radius 1 is 0.258 bits per heavy atom. The number of aromatic nitrogens is 5. The Labute approximate surface area is 362 Å². The zero-order valence-corrected chi connectivity index (χ0v) is 34.4. The second-order valence-electron chi connectivity index (χ2n) is 15.3. The lowest BCUT2D eigenvalue weighted by Crippen LogP contribution is -1.99. The van der Waals surface area contributed by atoms with Gasteiger partial charge in [-0.1, -0.05) is 188 Å². The van der Waals surface area contributed by atoms with E-state index in [9.17, 15) is 0 Å². The Morgan fingerprint density at radius 2 is 0.677 bits per heavy atom. The van der Waals surface area contributed by atoms with Crippen molar-refractivity contribution in [1.29, 1.82) is 0 Å². The number of nitrogens with zero attached hydrogens (tertiary/aromatic N) is 5. The molecule has 5 nitrogen and oxygen atoms in total. The van der Waals surface area contributed by atoms with E-state index in [1.54, 1.807) is 0 Å². The van der Waals surface area contributed by atoms with E-state index in [-0.39, 0.29) is 0 Å². The van der Waals surface area contributed by atoms with E-state index in [1.165, 1.54) is 0 Å². The highest BCUT2D eigenvalue weighted by molar-refractivity contribution is 5.99. The maximum atomic E-state index is 5.27. The molecule has 10 rings (SSSR count). The zero-order chi connectivity index (χ0) is 41.8. The molecule has 0 bridgehead atoms. The zero-order valence-electron chi connectivity index (χ0n) is 34.4. The van der Waals surface area contributed by atoms with Gasteiger partial charge in [0.15, 0.2) is 11.6 Å². The first-order chi connectivity index (χ1) is 30.6. The monoisotopic (exact) mass is 795 g/mol. The van der Waals surface area contributed by atoms with E-state index in [2.05, 4.69) is 146 Å². The van der Waals surface area contributed by atoms with E-state index in [1.807, 2.05) is 79.7 Å². The quantitative estimate of drug-likeness (QED) is 0.146. The van der Waals surface area contributed by atoms with Gasteiger partial charge in [-0.05, 0) is 65.9 Å². The van der Waals surface area contributed by atoms with Gasteiger partial charge in [0, 0.05) is 50.3 Å². The van der Waals surface area contributed by atoms with Gasteiger partial charge in [0.25, 0.3) is 0 Å². The molecule has 10 aromatic rings. The Balaban J connectivity index is 1.17. The maximum Gasteiger partial charge on any atom is 0.160 e. The van der Waals surface area contributed by atoms with Crippen molar-refractivity contribution in [3.8, 4) is 101 Å². The van der Waals surface area contributed by atoms with Gasteiger partial charge >= 0.3 is 0 Å². The molecule has 5 heteroatoms. The molecule has 0 aliphatic rings. The van der Waals surface area contributed by atoms with Crippen molar-refractivity contribution < 1.29 is 0 Å². The third-order valence-corrected chi connectivity index (χ3v) is 11.2. The smallest absolute Gasteiger partial charge is 0.160 e. The van der Waals surface area contributed by atoms with Crippen LogP contribution in [0, 0.1) is 13.8 Å². The summed E-state index contributed by atoms with van der Waals surface area (Å²) in [6.07, 6.45) is 0. The third kappa shape index (κ3) is 7.71. The molecule has 0 saturated heterocycles. The molecule has 0 N–H and O–H groups in total. The molecule has 0 amide bonds. The van der Waals surface area contributed by atoms with Gasteiger partial charge in [0.1, 0.15) is 0 Å². The largest absolute Gasteiger partial charge is 0.258 e. The predicted octanol–water partition coefficient (Wildman–Crippen LogP) is 14.3. The topological polar surface area (TPSA) is 64.5 Å². The van der Waals surface area contributed by atoms with E-state index in [0.717, 1.165) is 101 Å². The van der Waals surface area contributed by atoms with Crippen LogP contribution in [0.15, 0.2) is 212 Å². The summed E-state index contributed by atoms with van der Waals surface area (Å²) in [7, 11) is 0. The summed E-state index contributed by atoms with van der Waals surface area (Å²) < 4.78 is 0. The van der Waals surface area contributed by atoms with Gasteiger partial charge in [-0.25, -0.2) is 19.9 Å². The van der Waals surface area contributed by atoms with Crippen molar-refractivity contribution in [2.45, 2.75) is 13.8 Å². The first kappa shape index (κ1) is 38.1. The van der Waals surface area contributed by atoms with Gasteiger partial charge in [-0.15, -0.1) is 0 Å². The summed E-state index contributed by atoms with van der Waals surface area (Å²) in [5.74, 6) is 1.36. The Kier molecular flexibility index (Phi) is 10.3. The van der Waals surface area contributed by atoms with E-state index in [0.29, 0.717) is 11.6 Å². The molecule has 0 unspecified atom stereocenters. The fraction of sp³-hybridized carbons (Fsp3) is 0.0351. The van der Waals surface area contributed by atoms with E-state index in [4.69, 9.17) is 24.9 Å². The molecule has 7 aromatic carbocycles. The highest BCUT2D eigenvalue weighted by Crippen LogP contribution is 2.45. The van der Waals surface area contributed by atoms with Crippen LogP contribution in [-0.4, -0.2) is 24.9 Å². The van der Waals surface area contributed by atoms with Crippen molar-refractivity contribution in [2.75, 3.05) is 0 Å². The fourth-order valence-electron chi connectivity index (χ4n) is 8.17. The molecule has 3 heterocycles. The fourth-order valence-corrected chi connectivity index (χ4v) is 8.17. The van der Waals surface area contributed by atoms with Crippen molar-refractivity contribution in [3.63, 3.8) is 0 Å². The van der Waals surface area contributed by atoms with Crippen LogP contribution in [0.2, 0.25) is 0 Å². The van der Waals surface area contributed by atoms with Crippen LogP contribution in [0.5, 0.6) is 0 Å². The first-order valence-corrected chi connectivity index (χ1v) is 20.8. The van der Waals surface area contributed by atoms with Gasteiger partial charge in [0.05, 0.1) is 22.8 Å². The molecule has 0 atom stereocenters. The highest BCUT2D eigenvalue weighted by Gasteiger charge is 2.21. The van der Waals surface area contributed by atoms with Crippen molar-refractivity contribution in [3.05, 3.63) is 224 Å². The summed E-state index contributed by atoms with van der Waals surface area (Å²) >= 11 is 0. The van der Waals surface area contributed by atoms with Crippen LogP contribution >= 0.6 is 0 Å². The van der Waals surface area contributed by atoms with Gasteiger partial charge in [-0.2, -0.15) is 0 Å². The molecule has 0 aliphatic carbocycles. The van der Waals surface area contributed by atoms with Crippen LogP contribution in [-0.2, 0) is 0 Å².